The van der Waals surface area contributed by atoms with E-state index < -0.39 is 11.7 Å². The molecule has 0 aliphatic carbocycles. The van der Waals surface area contributed by atoms with Crippen LogP contribution in [-0.2, 0) is 19.1 Å². The topological polar surface area (TPSA) is 24.5 Å². The normalized spacial score (nSPS) is 20.8. The third-order valence-electron chi connectivity index (χ3n) is 5.21. The molecule has 3 nitrogen and oxygen atoms in total. The van der Waals surface area contributed by atoms with E-state index in [9.17, 15) is 13.2 Å². The number of fused-ring (bicyclic) bond motifs is 1. The van der Waals surface area contributed by atoms with Crippen LogP contribution in [0.1, 0.15) is 23.1 Å². The number of hydrogen-bond acceptors (Lipinski definition) is 3. The van der Waals surface area contributed by atoms with Crippen LogP contribution in [0.3, 0.4) is 0 Å². The Morgan fingerprint density at radius 2 is 1.88 bits per heavy atom. The average Bonchev–Trinajstić information content (AvgIpc) is 3.16. The molecular weight excluding hydrogens is 341 g/mol. The summed E-state index contributed by atoms with van der Waals surface area (Å²) in [7, 11) is 0. The van der Waals surface area contributed by atoms with Crippen molar-refractivity contribution in [1.82, 2.24) is 10.2 Å². The molecule has 6 heteroatoms. The summed E-state index contributed by atoms with van der Waals surface area (Å²) in [6.45, 7) is 3.99. The molecule has 1 atom stereocenters. The predicted molar refractivity (Wildman–Crippen MR) is 93.3 cm³/mol. The third-order valence-corrected chi connectivity index (χ3v) is 5.21. The zero-order valence-corrected chi connectivity index (χ0v) is 14.4. The van der Waals surface area contributed by atoms with Gasteiger partial charge in [0.1, 0.15) is 11.5 Å². The predicted octanol–water partition coefficient (Wildman–Crippen LogP) is 4.22. The Balaban J connectivity index is 1.51. The van der Waals surface area contributed by atoms with Gasteiger partial charge in [-0.1, -0.05) is 12.1 Å². The molecule has 0 bridgehead atoms. The van der Waals surface area contributed by atoms with E-state index in [1.807, 2.05) is 12.1 Å². The van der Waals surface area contributed by atoms with Crippen LogP contribution in [0.5, 0.6) is 11.5 Å². The maximum absolute atomic E-state index is 12.7. The van der Waals surface area contributed by atoms with E-state index in [0.717, 1.165) is 56.0 Å². The first-order chi connectivity index (χ1) is 12.5. The van der Waals surface area contributed by atoms with Crippen LogP contribution in [-0.4, -0.2) is 30.6 Å². The molecule has 1 saturated heterocycles. The number of hydrogen-bond donors (Lipinski definition) is 1. The van der Waals surface area contributed by atoms with Crippen molar-refractivity contribution in [3.05, 3.63) is 59.2 Å². The third kappa shape index (κ3) is 3.57. The summed E-state index contributed by atoms with van der Waals surface area (Å²) in [5.41, 5.74) is 1.74. The molecule has 138 valence electrons. The molecule has 2 aliphatic rings. The van der Waals surface area contributed by atoms with E-state index in [2.05, 4.69) is 16.3 Å². The molecule has 4 rings (SSSR count). The minimum Gasteiger partial charge on any atom is -0.457 e. The van der Waals surface area contributed by atoms with Gasteiger partial charge in [-0.3, -0.25) is 4.90 Å². The van der Waals surface area contributed by atoms with Gasteiger partial charge >= 0.3 is 6.18 Å². The summed E-state index contributed by atoms with van der Waals surface area (Å²) < 4.78 is 44.0. The van der Waals surface area contributed by atoms with E-state index in [-0.39, 0.29) is 0 Å². The first kappa shape index (κ1) is 17.4. The number of nitrogens with zero attached hydrogens (tertiary/aromatic N) is 1. The van der Waals surface area contributed by atoms with Crippen molar-refractivity contribution in [2.75, 3.05) is 19.6 Å². The molecule has 26 heavy (non-hydrogen) atoms. The van der Waals surface area contributed by atoms with Gasteiger partial charge in [0.25, 0.3) is 0 Å². The molecule has 2 heterocycles. The minimum atomic E-state index is -4.33. The SMILES string of the molecule is FC(F)(F)c1ccc(Oc2cccc3c2CCN(C2CCNC2)C3)cc1. The zero-order valence-electron chi connectivity index (χ0n) is 14.4. The van der Waals surface area contributed by atoms with Gasteiger partial charge in [0, 0.05) is 31.2 Å². The second kappa shape index (κ2) is 6.93. The number of nitrogens with one attached hydrogen (secondary N) is 1. The van der Waals surface area contributed by atoms with Crippen molar-refractivity contribution < 1.29 is 17.9 Å². The molecule has 2 aromatic carbocycles. The fraction of sp³-hybridized carbons (Fsp3) is 0.400. The summed E-state index contributed by atoms with van der Waals surface area (Å²) in [4.78, 5) is 2.50. The minimum absolute atomic E-state index is 0.425. The van der Waals surface area contributed by atoms with Crippen molar-refractivity contribution in [3.63, 3.8) is 0 Å². The highest BCUT2D eigenvalue weighted by Crippen LogP contribution is 2.34. The Morgan fingerprint density at radius 3 is 2.58 bits per heavy atom. The van der Waals surface area contributed by atoms with Gasteiger partial charge in [0.2, 0.25) is 0 Å². The Labute approximate surface area is 150 Å². The van der Waals surface area contributed by atoms with E-state index in [1.165, 1.54) is 24.1 Å². The smallest absolute Gasteiger partial charge is 0.416 e. The molecular formula is C20H21F3N2O. The Hall–Kier alpha value is -2.05. The van der Waals surface area contributed by atoms with E-state index in [4.69, 9.17) is 4.74 Å². The van der Waals surface area contributed by atoms with Gasteiger partial charge < -0.3 is 10.1 Å². The van der Waals surface area contributed by atoms with Crippen molar-refractivity contribution in [2.24, 2.45) is 0 Å². The summed E-state index contributed by atoms with van der Waals surface area (Å²) in [5.74, 6) is 1.17. The van der Waals surface area contributed by atoms with Gasteiger partial charge in [-0.05, 0) is 55.3 Å². The zero-order chi connectivity index (χ0) is 18.1. The second-order valence-corrected chi connectivity index (χ2v) is 6.89. The summed E-state index contributed by atoms with van der Waals surface area (Å²) in [5, 5.41) is 3.41. The van der Waals surface area contributed by atoms with Crippen molar-refractivity contribution in [3.8, 4) is 11.5 Å². The van der Waals surface area contributed by atoms with Gasteiger partial charge in [0.05, 0.1) is 5.56 Å². The molecule has 0 spiro atoms. The number of alkyl halides is 3. The monoisotopic (exact) mass is 362 g/mol. The number of ether oxygens (including phenoxy) is 1. The highest BCUT2D eigenvalue weighted by molar-refractivity contribution is 5.44. The summed E-state index contributed by atoms with van der Waals surface area (Å²) in [6, 6.07) is 11.4. The summed E-state index contributed by atoms with van der Waals surface area (Å²) >= 11 is 0. The van der Waals surface area contributed by atoms with Crippen LogP contribution >= 0.6 is 0 Å². The summed E-state index contributed by atoms with van der Waals surface area (Å²) in [6.07, 6.45) is -2.26. The van der Waals surface area contributed by atoms with E-state index in [1.54, 1.807) is 0 Å². The van der Waals surface area contributed by atoms with E-state index >= 15 is 0 Å². The van der Waals surface area contributed by atoms with Gasteiger partial charge in [-0.15, -0.1) is 0 Å². The lowest BCUT2D eigenvalue weighted by Gasteiger charge is -2.33. The number of halogens is 3. The lowest BCUT2D eigenvalue weighted by molar-refractivity contribution is -0.137. The van der Waals surface area contributed by atoms with Crippen molar-refractivity contribution in [2.45, 2.75) is 31.6 Å². The van der Waals surface area contributed by atoms with Gasteiger partial charge in [-0.25, -0.2) is 0 Å². The molecule has 1 N–H and O–H groups in total. The maximum atomic E-state index is 12.7. The molecule has 0 aromatic heterocycles. The van der Waals surface area contributed by atoms with Crippen LogP contribution in [0.2, 0.25) is 0 Å². The highest BCUT2D eigenvalue weighted by atomic mass is 19.4. The molecule has 0 saturated carbocycles. The lowest BCUT2D eigenvalue weighted by Crippen LogP contribution is -2.40. The first-order valence-electron chi connectivity index (χ1n) is 8.91. The number of benzene rings is 2. The Morgan fingerprint density at radius 1 is 1.08 bits per heavy atom. The fourth-order valence-electron chi connectivity index (χ4n) is 3.79. The largest absolute Gasteiger partial charge is 0.457 e. The Bertz CT molecular complexity index is 768. The van der Waals surface area contributed by atoms with Gasteiger partial charge in [-0.2, -0.15) is 13.2 Å². The van der Waals surface area contributed by atoms with E-state index in [0.29, 0.717) is 11.8 Å². The van der Waals surface area contributed by atoms with Crippen LogP contribution in [0.25, 0.3) is 0 Å². The molecule has 2 aromatic rings. The van der Waals surface area contributed by atoms with Crippen LogP contribution in [0.15, 0.2) is 42.5 Å². The first-order valence-corrected chi connectivity index (χ1v) is 8.91. The molecule has 0 radical (unpaired) electrons. The standard InChI is InChI=1S/C20H21F3N2O/c21-20(22,23)15-4-6-17(7-5-15)26-19-3-1-2-14-13-25(11-9-18(14)19)16-8-10-24-12-16/h1-7,16,24H,8-13H2. The number of rotatable bonds is 3. The average molecular weight is 362 g/mol. The lowest BCUT2D eigenvalue weighted by atomic mass is 9.97. The van der Waals surface area contributed by atoms with Crippen LogP contribution in [0.4, 0.5) is 13.2 Å². The molecule has 0 amide bonds. The van der Waals surface area contributed by atoms with Crippen LogP contribution < -0.4 is 10.1 Å². The Kier molecular flexibility index (Phi) is 4.63. The molecule has 1 fully saturated rings. The van der Waals surface area contributed by atoms with Gasteiger partial charge in [0.15, 0.2) is 0 Å². The van der Waals surface area contributed by atoms with Crippen LogP contribution in [0, 0.1) is 0 Å². The second-order valence-electron chi connectivity index (χ2n) is 6.89. The maximum Gasteiger partial charge on any atom is 0.416 e. The van der Waals surface area contributed by atoms with Crippen molar-refractivity contribution >= 4 is 0 Å². The highest BCUT2D eigenvalue weighted by Gasteiger charge is 2.30. The van der Waals surface area contributed by atoms with Crippen molar-refractivity contribution in [1.29, 1.82) is 0 Å². The molecule has 1 unspecified atom stereocenters. The fourth-order valence-corrected chi connectivity index (χ4v) is 3.79. The molecule has 2 aliphatic heterocycles. The quantitative estimate of drug-likeness (QED) is 0.885.